The maximum absolute atomic E-state index is 10.2. The summed E-state index contributed by atoms with van der Waals surface area (Å²) in [6.07, 6.45) is 10.7. The number of rotatable bonds is 8. The third-order valence-electron chi connectivity index (χ3n) is 7.66. The van der Waals surface area contributed by atoms with Gasteiger partial charge in [0.2, 0.25) is 0 Å². The number of hydrogen-bond donors (Lipinski definition) is 0. The minimum absolute atomic E-state index is 0.370. The fourth-order valence-corrected chi connectivity index (χ4v) is 5.72. The molecule has 31 heavy (non-hydrogen) atoms. The number of benzene rings is 1. The van der Waals surface area contributed by atoms with Gasteiger partial charge in [-0.1, -0.05) is 30.3 Å². The Morgan fingerprint density at radius 1 is 1.10 bits per heavy atom. The normalized spacial score (nSPS) is 28.4. The lowest BCUT2D eigenvalue weighted by Crippen LogP contribution is -2.43. The highest BCUT2D eigenvalue weighted by Crippen LogP contribution is 2.50. The Morgan fingerprint density at radius 2 is 1.77 bits per heavy atom. The van der Waals surface area contributed by atoms with Crippen molar-refractivity contribution in [3.8, 4) is 6.07 Å². The van der Waals surface area contributed by atoms with Gasteiger partial charge in [-0.2, -0.15) is 5.26 Å². The van der Waals surface area contributed by atoms with E-state index in [1.165, 1.54) is 31.4 Å². The molecular formula is C26H33N3OS. The first kappa shape index (κ1) is 21.1. The zero-order valence-electron chi connectivity index (χ0n) is 18.8. The molecule has 3 fully saturated rings. The van der Waals surface area contributed by atoms with Crippen LogP contribution in [-0.4, -0.2) is 22.4 Å². The first-order valence-electron chi connectivity index (χ1n) is 11.8. The standard InChI is InChI=1S/C26H33N3OS/c1-19-23(31-2)28-24(29(19)16-20-8-9-20)26(30-17-21-10-11-21)14-12-25(18-27,13-15-26)22-6-4-3-5-7-22/h3-7,20-21H,8-17H2,1-2H3. The Morgan fingerprint density at radius 3 is 2.35 bits per heavy atom. The number of nitriles is 1. The molecule has 1 aromatic carbocycles. The molecule has 0 aliphatic heterocycles. The molecule has 164 valence electrons. The van der Waals surface area contributed by atoms with Gasteiger partial charge >= 0.3 is 0 Å². The summed E-state index contributed by atoms with van der Waals surface area (Å²) >= 11 is 1.74. The van der Waals surface area contributed by atoms with Gasteiger partial charge in [0.25, 0.3) is 0 Å². The Labute approximate surface area is 190 Å². The number of imidazole rings is 1. The summed E-state index contributed by atoms with van der Waals surface area (Å²) in [5.41, 5.74) is 1.64. The quantitative estimate of drug-likeness (QED) is 0.479. The number of nitrogens with zero attached hydrogens (tertiary/aromatic N) is 3. The second kappa shape index (κ2) is 8.30. The maximum Gasteiger partial charge on any atom is 0.142 e. The van der Waals surface area contributed by atoms with Crippen LogP contribution >= 0.6 is 11.8 Å². The molecule has 2 aromatic rings. The van der Waals surface area contributed by atoms with Crippen LogP contribution in [0.15, 0.2) is 35.4 Å². The largest absolute Gasteiger partial charge is 0.367 e. The van der Waals surface area contributed by atoms with E-state index in [0.29, 0.717) is 5.92 Å². The summed E-state index contributed by atoms with van der Waals surface area (Å²) in [6, 6.07) is 13.1. The minimum atomic E-state index is -0.418. The average molecular weight is 436 g/mol. The lowest BCUT2D eigenvalue weighted by atomic mass is 9.65. The molecular weight excluding hydrogens is 402 g/mol. The van der Waals surface area contributed by atoms with E-state index in [4.69, 9.17) is 9.72 Å². The van der Waals surface area contributed by atoms with E-state index in [2.05, 4.69) is 48.1 Å². The molecule has 0 atom stereocenters. The molecule has 4 nitrogen and oxygen atoms in total. The highest BCUT2D eigenvalue weighted by Gasteiger charge is 2.49. The molecule has 3 aliphatic carbocycles. The summed E-state index contributed by atoms with van der Waals surface area (Å²) in [5.74, 6) is 2.62. The predicted molar refractivity (Wildman–Crippen MR) is 124 cm³/mol. The van der Waals surface area contributed by atoms with Crippen molar-refractivity contribution in [3.05, 3.63) is 47.4 Å². The molecule has 0 amide bonds. The zero-order valence-corrected chi connectivity index (χ0v) is 19.6. The fourth-order valence-electron chi connectivity index (χ4n) is 5.13. The van der Waals surface area contributed by atoms with Crippen LogP contribution in [0.3, 0.4) is 0 Å². The van der Waals surface area contributed by atoms with Gasteiger partial charge in [-0.3, -0.25) is 0 Å². The summed E-state index contributed by atoms with van der Waals surface area (Å²) in [7, 11) is 0. The fraction of sp³-hybridized carbons (Fsp3) is 0.615. The highest BCUT2D eigenvalue weighted by atomic mass is 32.2. The summed E-state index contributed by atoms with van der Waals surface area (Å²) in [4.78, 5) is 5.17. The van der Waals surface area contributed by atoms with E-state index in [0.717, 1.165) is 61.2 Å². The molecule has 5 heteroatoms. The van der Waals surface area contributed by atoms with E-state index < -0.39 is 5.41 Å². The van der Waals surface area contributed by atoms with Crippen molar-refractivity contribution in [2.45, 2.75) is 80.9 Å². The molecule has 0 unspecified atom stereocenters. The van der Waals surface area contributed by atoms with Crippen LogP contribution in [0, 0.1) is 30.1 Å². The van der Waals surface area contributed by atoms with Crippen molar-refractivity contribution in [2.75, 3.05) is 12.9 Å². The van der Waals surface area contributed by atoms with Gasteiger partial charge < -0.3 is 9.30 Å². The minimum Gasteiger partial charge on any atom is -0.367 e. The number of ether oxygens (including phenoxy) is 1. The molecule has 0 spiro atoms. The van der Waals surface area contributed by atoms with Crippen LogP contribution in [0.1, 0.15) is 68.4 Å². The lowest BCUT2D eigenvalue weighted by Gasteiger charge is -2.43. The maximum atomic E-state index is 10.2. The van der Waals surface area contributed by atoms with E-state index in [9.17, 15) is 5.26 Å². The van der Waals surface area contributed by atoms with Crippen molar-refractivity contribution in [1.82, 2.24) is 9.55 Å². The van der Waals surface area contributed by atoms with Gasteiger partial charge in [0.15, 0.2) is 0 Å². The number of thioether (sulfide) groups is 1. The van der Waals surface area contributed by atoms with Crippen LogP contribution in [0.5, 0.6) is 0 Å². The molecule has 1 aromatic heterocycles. The first-order chi connectivity index (χ1) is 15.1. The Kier molecular flexibility index (Phi) is 5.65. The van der Waals surface area contributed by atoms with E-state index in [1.54, 1.807) is 11.8 Å². The van der Waals surface area contributed by atoms with Crippen LogP contribution in [0.4, 0.5) is 0 Å². The lowest BCUT2D eigenvalue weighted by molar-refractivity contribution is -0.0961. The Hall–Kier alpha value is -1.77. The van der Waals surface area contributed by atoms with Gasteiger partial charge in [-0.05, 0) is 81.9 Å². The third-order valence-corrected chi connectivity index (χ3v) is 8.43. The predicted octanol–water partition coefficient (Wildman–Crippen LogP) is 5.98. The van der Waals surface area contributed by atoms with E-state index in [1.807, 2.05) is 6.07 Å². The smallest absolute Gasteiger partial charge is 0.142 e. The van der Waals surface area contributed by atoms with Crippen LogP contribution in [0.2, 0.25) is 0 Å². The van der Waals surface area contributed by atoms with Gasteiger partial charge in [0.05, 0.1) is 18.1 Å². The van der Waals surface area contributed by atoms with Gasteiger partial charge in [-0.15, -0.1) is 11.8 Å². The number of aromatic nitrogens is 2. The van der Waals surface area contributed by atoms with Crippen molar-refractivity contribution >= 4 is 11.8 Å². The van der Waals surface area contributed by atoms with Crippen molar-refractivity contribution < 1.29 is 4.74 Å². The van der Waals surface area contributed by atoms with Crippen LogP contribution in [-0.2, 0) is 22.3 Å². The zero-order chi connectivity index (χ0) is 21.5. The molecule has 5 rings (SSSR count). The molecule has 3 saturated carbocycles. The SMILES string of the molecule is CSc1nc(C2(OCC3CC3)CCC(C#N)(c3ccccc3)CC2)n(CC2CC2)c1C. The summed E-state index contributed by atoms with van der Waals surface area (Å²) < 4.78 is 9.28. The molecule has 0 saturated heterocycles. The topological polar surface area (TPSA) is 50.8 Å². The third kappa shape index (κ3) is 4.05. The Bertz CT molecular complexity index is 961. The van der Waals surface area contributed by atoms with Gasteiger partial charge in [0.1, 0.15) is 16.5 Å². The summed E-state index contributed by atoms with van der Waals surface area (Å²) in [6.45, 7) is 4.10. The Balaban J connectivity index is 1.49. The van der Waals surface area contributed by atoms with Crippen LogP contribution < -0.4 is 0 Å². The summed E-state index contributed by atoms with van der Waals surface area (Å²) in [5, 5.41) is 11.3. The van der Waals surface area contributed by atoms with E-state index >= 15 is 0 Å². The second-order valence-electron chi connectivity index (χ2n) is 9.89. The van der Waals surface area contributed by atoms with E-state index in [-0.39, 0.29) is 5.60 Å². The van der Waals surface area contributed by atoms with Crippen LogP contribution in [0.25, 0.3) is 0 Å². The molecule has 0 radical (unpaired) electrons. The first-order valence-corrected chi connectivity index (χ1v) is 13.0. The average Bonchev–Trinajstić information content (AvgIpc) is 3.74. The number of hydrogen-bond acceptors (Lipinski definition) is 4. The molecule has 3 aliphatic rings. The van der Waals surface area contributed by atoms with Gasteiger partial charge in [-0.25, -0.2) is 4.98 Å². The molecule has 0 bridgehead atoms. The molecule has 1 heterocycles. The molecule has 0 N–H and O–H groups in total. The van der Waals surface area contributed by atoms with Crippen molar-refractivity contribution in [2.24, 2.45) is 11.8 Å². The van der Waals surface area contributed by atoms with Crippen molar-refractivity contribution in [1.29, 1.82) is 5.26 Å². The van der Waals surface area contributed by atoms with Crippen molar-refractivity contribution in [3.63, 3.8) is 0 Å². The van der Waals surface area contributed by atoms with Gasteiger partial charge in [0, 0.05) is 12.2 Å². The highest BCUT2D eigenvalue weighted by molar-refractivity contribution is 7.98. The second-order valence-corrected chi connectivity index (χ2v) is 10.7. The monoisotopic (exact) mass is 435 g/mol.